The summed E-state index contributed by atoms with van der Waals surface area (Å²) in [7, 11) is 0. The van der Waals surface area contributed by atoms with Crippen molar-refractivity contribution in [1.82, 2.24) is 14.7 Å². The van der Waals surface area contributed by atoms with Gasteiger partial charge in [-0.1, -0.05) is 19.3 Å². The van der Waals surface area contributed by atoms with Crippen molar-refractivity contribution in [3.63, 3.8) is 0 Å². The molecule has 0 aliphatic heterocycles. The molecule has 1 amide bonds. The molecule has 2 aromatic rings. The second-order valence-corrected chi connectivity index (χ2v) is 8.01. The SMILES string of the molecule is Cc1nc2c(OCC3CCCCC3)cccn2c1C(=O)NC1CCCC1O. The molecule has 2 unspecified atom stereocenters. The highest BCUT2D eigenvalue weighted by Gasteiger charge is 2.29. The third kappa shape index (κ3) is 3.81. The number of aryl methyl sites for hydroxylation is 1. The van der Waals surface area contributed by atoms with Gasteiger partial charge in [0.05, 0.1) is 24.4 Å². The minimum absolute atomic E-state index is 0.173. The zero-order valence-corrected chi connectivity index (χ0v) is 16.0. The van der Waals surface area contributed by atoms with E-state index in [1.807, 2.05) is 29.7 Å². The van der Waals surface area contributed by atoms with Crippen molar-refractivity contribution in [2.75, 3.05) is 6.61 Å². The van der Waals surface area contributed by atoms with Gasteiger partial charge in [0.1, 0.15) is 5.69 Å². The number of pyridine rings is 1. The molecule has 0 spiro atoms. The van der Waals surface area contributed by atoms with Crippen molar-refractivity contribution in [3.8, 4) is 5.75 Å². The Labute approximate surface area is 159 Å². The van der Waals surface area contributed by atoms with Crippen LogP contribution in [-0.4, -0.2) is 39.2 Å². The van der Waals surface area contributed by atoms with Crippen LogP contribution >= 0.6 is 0 Å². The van der Waals surface area contributed by atoms with Crippen LogP contribution in [0.2, 0.25) is 0 Å². The van der Waals surface area contributed by atoms with Gasteiger partial charge in [0.15, 0.2) is 11.4 Å². The van der Waals surface area contributed by atoms with Crippen molar-refractivity contribution in [1.29, 1.82) is 0 Å². The molecule has 2 atom stereocenters. The summed E-state index contributed by atoms with van der Waals surface area (Å²) >= 11 is 0. The Kier molecular flexibility index (Phi) is 5.34. The number of aliphatic hydroxyl groups is 1. The molecule has 2 heterocycles. The third-order valence-electron chi connectivity index (χ3n) is 6.00. The van der Waals surface area contributed by atoms with Gasteiger partial charge in [-0.15, -0.1) is 0 Å². The lowest BCUT2D eigenvalue weighted by molar-refractivity contribution is 0.0867. The largest absolute Gasteiger partial charge is 0.489 e. The highest BCUT2D eigenvalue weighted by Crippen LogP contribution is 2.27. The summed E-state index contributed by atoms with van der Waals surface area (Å²) in [5.41, 5.74) is 1.88. The number of nitrogens with one attached hydrogen (secondary N) is 1. The van der Waals surface area contributed by atoms with Crippen LogP contribution in [0.25, 0.3) is 5.65 Å². The number of rotatable bonds is 5. The molecule has 0 bridgehead atoms. The second-order valence-electron chi connectivity index (χ2n) is 8.01. The molecule has 6 heteroatoms. The first-order valence-corrected chi connectivity index (χ1v) is 10.2. The van der Waals surface area contributed by atoms with E-state index in [0.29, 0.717) is 29.6 Å². The Balaban J connectivity index is 1.53. The van der Waals surface area contributed by atoms with Gasteiger partial charge >= 0.3 is 0 Å². The van der Waals surface area contributed by atoms with Crippen LogP contribution in [0.1, 0.15) is 67.5 Å². The maximum absolute atomic E-state index is 12.8. The normalized spacial score (nSPS) is 23.6. The minimum Gasteiger partial charge on any atom is -0.489 e. The molecule has 2 fully saturated rings. The van der Waals surface area contributed by atoms with Crippen LogP contribution in [0.3, 0.4) is 0 Å². The lowest BCUT2D eigenvalue weighted by atomic mass is 9.90. The minimum atomic E-state index is -0.456. The fourth-order valence-electron chi connectivity index (χ4n) is 4.45. The van der Waals surface area contributed by atoms with Crippen molar-refractivity contribution in [3.05, 3.63) is 29.7 Å². The highest BCUT2D eigenvalue weighted by molar-refractivity contribution is 5.95. The number of ether oxygens (including phenoxy) is 1. The molecule has 0 aromatic carbocycles. The zero-order valence-electron chi connectivity index (χ0n) is 16.0. The average molecular weight is 371 g/mol. The van der Waals surface area contributed by atoms with E-state index in [1.54, 1.807) is 0 Å². The number of hydrogen-bond donors (Lipinski definition) is 2. The van der Waals surface area contributed by atoms with Crippen LogP contribution in [0.15, 0.2) is 18.3 Å². The molecule has 6 nitrogen and oxygen atoms in total. The Morgan fingerprint density at radius 3 is 2.81 bits per heavy atom. The summed E-state index contributed by atoms with van der Waals surface area (Å²) in [6.45, 7) is 2.55. The molecule has 0 radical (unpaired) electrons. The number of carbonyl (C=O) groups is 1. The summed E-state index contributed by atoms with van der Waals surface area (Å²) in [4.78, 5) is 17.4. The summed E-state index contributed by atoms with van der Waals surface area (Å²) in [6, 6.07) is 3.65. The van der Waals surface area contributed by atoms with E-state index >= 15 is 0 Å². The molecular weight excluding hydrogens is 342 g/mol. The van der Waals surface area contributed by atoms with Gasteiger partial charge in [0.2, 0.25) is 0 Å². The number of carbonyl (C=O) groups excluding carboxylic acids is 1. The first-order chi connectivity index (χ1) is 13.1. The third-order valence-corrected chi connectivity index (χ3v) is 6.00. The van der Waals surface area contributed by atoms with Gasteiger partial charge in [-0.2, -0.15) is 0 Å². The smallest absolute Gasteiger partial charge is 0.270 e. The van der Waals surface area contributed by atoms with Crippen LogP contribution in [0, 0.1) is 12.8 Å². The molecule has 2 aliphatic rings. The van der Waals surface area contributed by atoms with Gasteiger partial charge in [0.25, 0.3) is 5.91 Å². The predicted molar refractivity (Wildman–Crippen MR) is 103 cm³/mol. The van der Waals surface area contributed by atoms with Gasteiger partial charge < -0.3 is 15.2 Å². The standard InChI is InChI=1S/C21H29N3O3/c1-14-19(21(26)23-16-9-5-10-17(16)25)24-12-6-11-18(20(24)22-14)27-13-15-7-3-2-4-8-15/h6,11-12,15-17,25H,2-5,7-10,13H2,1H3,(H,23,26). The summed E-state index contributed by atoms with van der Waals surface area (Å²) < 4.78 is 7.91. The van der Waals surface area contributed by atoms with Crippen molar-refractivity contribution >= 4 is 11.6 Å². The van der Waals surface area contributed by atoms with Crippen LogP contribution in [0.5, 0.6) is 5.75 Å². The number of fused-ring (bicyclic) bond motifs is 1. The summed E-state index contributed by atoms with van der Waals surface area (Å²) in [5.74, 6) is 1.16. The van der Waals surface area contributed by atoms with Crippen LogP contribution in [-0.2, 0) is 0 Å². The van der Waals surface area contributed by atoms with E-state index in [1.165, 1.54) is 32.1 Å². The molecule has 2 N–H and O–H groups in total. The Morgan fingerprint density at radius 1 is 1.26 bits per heavy atom. The topological polar surface area (TPSA) is 75.9 Å². The Morgan fingerprint density at radius 2 is 2.07 bits per heavy atom. The maximum Gasteiger partial charge on any atom is 0.270 e. The lowest BCUT2D eigenvalue weighted by Crippen LogP contribution is -2.40. The van der Waals surface area contributed by atoms with Gasteiger partial charge in [-0.05, 0) is 57.1 Å². The summed E-state index contributed by atoms with van der Waals surface area (Å²) in [5, 5.41) is 13.0. The molecule has 0 saturated heterocycles. The molecule has 2 aliphatic carbocycles. The first kappa shape index (κ1) is 18.3. The van der Waals surface area contributed by atoms with E-state index in [4.69, 9.17) is 4.74 Å². The number of nitrogens with zero attached hydrogens (tertiary/aromatic N) is 2. The van der Waals surface area contributed by atoms with Gasteiger partial charge in [0, 0.05) is 6.20 Å². The van der Waals surface area contributed by atoms with Crippen LogP contribution in [0.4, 0.5) is 0 Å². The number of amides is 1. The molecule has 4 rings (SSSR count). The van der Waals surface area contributed by atoms with Crippen molar-refractivity contribution in [2.24, 2.45) is 5.92 Å². The molecule has 2 aromatic heterocycles. The number of aliphatic hydroxyl groups excluding tert-OH is 1. The van der Waals surface area contributed by atoms with Crippen molar-refractivity contribution < 1.29 is 14.6 Å². The van der Waals surface area contributed by atoms with E-state index in [0.717, 1.165) is 25.0 Å². The lowest BCUT2D eigenvalue weighted by Gasteiger charge is -2.21. The molecule has 2 saturated carbocycles. The Hall–Kier alpha value is -2.08. The van der Waals surface area contributed by atoms with Crippen molar-refractivity contribution in [2.45, 2.75) is 70.4 Å². The first-order valence-electron chi connectivity index (χ1n) is 10.2. The molecule has 27 heavy (non-hydrogen) atoms. The molecular formula is C21H29N3O3. The second kappa shape index (κ2) is 7.89. The average Bonchev–Trinajstić information content (AvgIpc) is 3.23. The van der Waals surface area contributed by atoms with E-state index in [2.05, 4.69) is 10.3 Å². The number of aromatic nitrogens is 2. The maximum atomic E-state index is 12.8. The number of hydrogen-bond acceptors (Lipinski definition) is 4. The Bertz CT molecular complexity index is 810. The van der Waals surface area contributed by atoms with Gasteiger partial charge in [-0.25, -0.2) is 4.98 Å². The fraction of sp³-hybridized carbons (Fsp3) is 0.619. The highest BCUT2D eigenvalue weighted by atomic mass is 16.5. The van der Waals surface area contributed by atoms with E-state index in [9.17, 15) is 9.90 Å². The zero-order chi connectivity index (χ0) is 18.8. The van der Waals surface area contributed by atoms with Crippen LogP contribution < -0.4 is 10.1 Å². The molecule has 146 valence electrons. The predicted octanol–water partition coefficient (Wildman–Crippen LogP) is 3.25. The number of imidazole rings is 1. The van der Waals surface area contributed by atoms with Gasteiger partial charge in [-0.3, -0.25) is 9.20 Å². The monoisotopic (exact) mass is 371 g/mol. The summed E-state index contributed by atoms with van der Waals surface area (Å²) in [6.07, 6.45) is 10.3. The van der Waals surface area contributed by atoms with E-state index < -0.39 is 6.10 Å². The quantitative estimate of drug-likeness (QED) is 0.846. The van der Waals surface area contributed by atoms with E-state index in [-0.39, 0.29) is 11.9 Å². The fourth-order valence-corrected chi connectivity index (χ4v) is 4.45.